The van der Waals surface area contributed by atoms with E-state index >= 15 is 0 Å². The molecule has 0 saturated heterocycles. The molecule has 2 atom stereocenters. The highest BCUT2D eigenvalue weighted by Crippen LogP contribution is 2.34. The van der Waals surface area contributed by atoms with Crippen LogP contribution in [0.4, 0.5) is 0 Å². The molecular formula is C55H66O2. The average Bonchev–Trinajstić information content (AvgIpc) is 3.27. The van der Waals surface area contributed by atoms with Crippen molar-refractivity contribution in [1.82, 2.24) is 0 Å². The van der Waals surface area contributed by atoms with Crippen molar-refractivity contribution in [3.05, 3.63) is 143 Å². The predicted molar refractivity (Wildman–Crippen MR) is 244 cm³/mol. The minimum atomic E-state index is 0.799. The second-order valence-corrected chi connectivity index (χ2v) is 15.8. The largest absolute Gasteiger partial charge is 0.497 e. The highest BCUT2D eigenvalue weighted by atomic mass is 16.5. The van der Waals surface area contributed by atoms with E-state index < -0.39 is 0 Å². The van der Waals surface area contributed by atoms with Gasteiger partial charge in [0.05, 0.1) is 13.7 Å². The van der Waals surface area contributed by atoms with E-state index in [9.17, 15) is 0 Å². The SMILES string of the molecule is CCCC1CC=C(c2ccc(C#Cc3ccc(OC)cc3)cc2)CC1.CCCCCCOc1ccc(C#Cc2ccc(C3=CCC(CCCCC)CC3)cc2)cc1. The number of ether oxygens (including phenoxy) is 2. The van der Waals surface area contributed by atoms with E-state index in [4.69, 9.17) is 9.47 Å². The maximum atomic E-state index is 5.82. The Hall–Kier alpha value is -4.92. The van der Waals surface area contributed by atoms with Crippen molar-refractivity contribution in [2.24, 2.45) is 11.8 Å². The van der Waals surface area contributed by atoms with Crippen molar-refractivity contribution in [3.63, 3.8) is 0 Å². The van der Waals surface area contributed by atoms with E-state index in [-0.39, 0.29) is 0 Å². The van der Waals surface area contributed by atoms with Gasteiger partial charge >= 0.3 is 0 Å². The fraction of sp³-hybridized carbons (Fsp3) is 0.418. The van der Waals surface area contributed by atoms with Crippen molar-refractivity contribution in [2.75, 3.05) is 13.7 Å². The Labute approximate surface area is 346 Å². The standard InChI is InChI=1S/C31H40O.C24H26O/c1-3-5-7-9-25-32-31-23-17-28(18-24-31)12-11-27-15-21-30(22-16-27)29-19-13-26(14-20-29)10-8-6-4-2;1-3-4-19-7-13-22(14-8-19)23-15-9-20(10-16-23)5-6-21-11-17-24(25-2)18-12-21/h15-19,21-24,26H,3-10,13-14,20,25H2,1-2H3;9-13,15-19H,3-4,7-8,14H2,1-2H3. The van der Waals surface area contributed by atoms with E-state index in [2.05, 4.69) is 105 Å². The van der Waals surface area contributed by atoms with Crippen LogP contribution in [0.2, 0.25) is 0 Å². The molecule has 4 aromatic carbocycles. The average molecular weight is 759 g/mol. The zero-order valence-corrected chi connectivity index (χ0v) is 35.4. The summed E-state index contributed by atoms with van der Waals surface area (Å²) >= 11 is 0. The van der Waals surface area contributed by atoms with Gasteiger partial charge in [0.15, 0.2) is 0 Å². The second kappa shape index (κ2) is 24.7. The van der Waals surface area contributed by atoms with Crippen LogP contribution in [-0.2, 0) is 0 Å². The predicted octanol–water partition coefficient (Wildman–Crippen LogP) is 14.9. The molecule has 0 aromatic heterocycles. The summed E-state index contributed by atoms with van der Waals surface area (Å²) in [7, 11) is 1.67. The van der Waals surface area contributed by atoms with E-state index in [0.29, 0.717) is 0 Å². The molecule has 2 aliphatic carbocycles. The summed E-state index contributed by atoms with van der Waals surface area (Å²) in [6, 6.07) is 33.5. The summed E-state index contributed by atoms with van der Waals surface area (Å²) in [6.45, 7) is 7.60. The highest BCUT2D eigenvalue weighted by molar-refractivity contribution is 5.68. The Bertz CT molecular complexity index is 1940. The Balaban J connectivity index is 0.000000224. The number of hydrogen-bond acceptors (Lipinski definition) is 2. The maximum Gasteiger partial charge on any atom is 0.119 e. The molecule has 57 heavy (non-hydrogen) atoms. The van der Waals surface area contributed by atoms with Gasteiger partial charge in [0.2, 0.25) is 0 Å². The van der Waals surface area contributed by atoms with Gasteiger partial charge in [-0.05, 0) is 152 Å². The Kier molecular flexibility index (Phi) is 18.7. The minimum absolute atomic E-state index is 0.799. The number of allylic oxidation sites excluding steroid dienone is 4. The smallest absolute Gasteiger partial charge is 0.119 e. The van der Waals surface area contributed by atoms with Crippen LogP contribution in [0.3, 0.4) is 0 Å². The second-order valence-electron chi connectivity index (χ2n) is 15.8. The fourth-order valence-corrected chi connectivity index (χ4v) is 7.77. The molecule has 0 heterocycles. The van der Waals surface area contributed by atoms with Gasteiger partial charge in [0.1, 0.15) is 11.5 Å². The van der Waals surface area contributed by atoms with Crippen LogP contribution in [0.1, 0.15) is 157 Å². The summed E-state index contributed by atoms with van der Waals surface area (Å²) in [4.78, 5) is 0. The third-order valence-corrected chi connectivity index (χ3v) is 11.4. The quantitative estimate of drug-likeness (QED) is 0.0888. The third-order valence-electron chi connectivity index (χ3n) is 11.4. The Morgan fingerprint density at radius 2 is 0.912 bits per heavy atom. The van der Waals surface area contributed by atoms with Crippen LogP contribution < -0.4 is 9.47 Å². The number of rotatable bonds is 15. The van der Waals surface area contributed by atoms with Crippen molar-refractivity contribution in [1.29, 1.82) is 0 Å². The van der Waals surface area contributed by atoms with Crippen LogP contribution in [-0.4, -0.2) is 13.7 Å². The van der Waals surface area contributed by atoms with Crippen LogP contribution in [0.25, 0.3) is 11.1 Å². The summed E-state index contributed by atoms with van der Waals surface area (Å²) in [5.74, 6) is 16.6. The fourth-order valence-electron chi connectivity index (χ4n) is 7.77. The Morgan fingerprint density at radius 3 is 1.33 bits per heavy atom. The van der Waals surface area contributed by atoms with Gasteiger partial charge in [0, 0.05) is 22.3 Å². The molecule has 2 unspecified atom stereocenters. The lowest BCUT2D eigenvalue weighted by atomic mass is 9.84. The summed E-state index contributed by atoms with van der Waals surface area (Å²) in [6.07, 6.45) is 25.6. The molecule has 0 radical (unpaired) electrons. The molecule has 0 N–H and O–H groups in total. The molecule has 6 rings (SSSR count). The van der Waals surface area contributed by atoms with Crippen molar-refractivity contribution in [2.45, 2.75) is 124 Å². The van der Waals surface area contributed by atoms with E-state index in [0.717, 1.165) is 58.6 Å². The number of unbranched alkanes of at least 4 members (excludes halogenated alkanes) is 5. The molecule has 0 fully saturated rings. The van der Waals surface area contributed by atoms with Gasteiger partial charge in [-0.15, -0.1) is 0 Å². The first-order valence-electron chi connectivity index (χ1n) is 22.1. The Morgan fingerprint density at radius 1 is 0.474 bits per heavy atom. The van der Waals surface area contributed by atoms with Crippen LogP contribution in [0.15, 0.2) is 109 Å². The number of benzene rings is 4. The van der Waals surface area contributed by atoms with Crippen molar-refractivity contribution >= 4 is 11.1 Å². The zero-order valence-electron chi connectivity index (χ0n) is 35.4. The molecule has 2 nitrogen and oxygen atoms in total. The normalized spacial score (nSPS) is 16.0. The van der Waals surface area contributed by atoms with Gasteiger partial charge in [-0.25, -0.2) is 0 Å². The van der Waals surface area contributed by atoms with Crippen LogP contribution in [0.5, 0.6) is 11.5 Å². The molecule has 0 saturated carbocycles. The summed E-state index contributed by atoms with van der Waals surface area (Å²) in [5.41, 5.74) is 9.88. The molecule has 4 aromatic rings. The van der Waals surface area contributed by atoms with Crippen LogP contribution >= 0.6 is 0 Å². The summed E-state index contributed by atoms with van der Waals surface area (Å²) < 4.78 is 11.0. The lowest BCUT2D eigenvalue weighted by Gasteiger charge is -2.22. The molecule has 2 heteroatoms. The molecule has 0 aliphatic heterocycles. The minimum Gasteiger partial charge on any atom is -0.497 e. The number of methoxy groups -OCH3 is 1. The highest BCUT2D eigenvalue weighted by Gasteiger charge is 2.16. The number of hydrogen-bond donors (Lipinski definition) is 0. The molecule has 0 amide bonds. The molecule has 2 aliphatic rings. The van der Waals surface area contributed by atoms with E-state index in [1.807, 2.05) is 48.5 Å². The third kappa shape index (κ3) is 15.2. The molecule has 0 bridgehead atoms. The lowest BCUT2D eigenvalue weighted by Crippen LogP contribution is -2.05. The molecule has 298 valence electrons. The first-order valence-corrected chi connectivity index (χ1v) is 22.1. The van der Waals surface area contributed by atoms with Crippen molar-refractivity contribution in [3.8, 4) is 35.2 Å². The van der Waals surface area contributed by atoms with Gasteiger partial charge in [-0.1, -0.05) is 139 Å². The van der Waals surface area contributed by atoms with Gasteiger partial charge in [0.25, 0.3) is 0 Å². The first kappa shape index (κ1) is 43.2. The van der Waals surface area contributed by atoms with Gasteiger partial charge in [-0.3, -0.25) is 0 Å². The monoisotopic (exact) mass is 759 g/mol. The van der Waals surface area contributed by atoms with Crippen molar-refractivity contribution < 1.29 is 9.47 Å². The topological polar surface area (TPSA) is 18.5 Å². The molecule has 0 spiro atoms. The van der Waals surface area contributed by atoms with E-state index in [1.165, 1.54) is 119 Å². The van der Waals surface area contributed by atoms with Gasteiger partial charge in [-0.2, -0.15) is 0 Å². The zero-order chi connectivity index (χ0) is 39.9. The molecular weight excluding hydrogens is 693 g/mol. The first-order chi connectivity index (χ1) is 28.1. The van der Waals surface area contributed by atoms with Gasteiger partial charge < -0.3 is 9.47 Å². The maximum absolute atomic E-state index is 5.82. The van der Waals surface area contributed by atoms with E-state index in [1.54, 1.807) is 7.11 Å². The lowest BCUT2D eigenvalue weighted by molar-refractivity contribution is 0.305. The van der Waals surface area contributed by atoms with Crippen LogP contribution in [0, 0.1) is 35.5 Å². The summed E-state index contributed by atoms with van der Waals surface area (Å²) in [5, 5.41) is 0.